The Balaban J connectivity index is 2.30. The number of hydrogen-bond acceptors (Lipinski definition) is 0. The summed E-state index contributed by atoms with van der Waals surface area (Å²) in [7, 11) is 0. The first kappa shape index (κ1) is 12.4. The molecule has 2 rings (SSSR count). The molecule has 0 N–H and O–H groups in total. The van der Waals surface area contributed by atoms with Crippen LogP contribution >= 0.6 is 27.5 Å². The minimum absolute atomic E-state index is 0.0753. The summed E-state index contributed by atoms with van der Waals surface area (Å²) in [6.07, 6.45) is 5.54. The normalized spacial score (nSPS) is 26.4. The Kier molecular flexibility index (Phi) is 4.26. The molecule has 0 nitrogen and oxygen atoms in total. The van der Waals surface area contributed by atoms with Crippen LogP contribution in [-0.2, 0) is 0 Å². The van der Waals surface area contributed by atoms with Gasteiger partial charge in [-0.15, -0.1) is 11.6 Å². The van der Waals surface area contributed by atoms with E-state index in [1.165, 1.54) is 12.8 Å². The standard InChI is InChI=1S/C13H15BrClF/c14-11-7-4-6-10(13(11)16)9-5-2-1-3-8-12(9)15/h4,6-7,9,12H,1-3,5,8H2. The molecule has 1 aliphatic carbocycles. The van der Waals surface area contributed by atoms with Crippen LogP contribution in [0.15, 0.2) is 22.7 Å². The van der Waals surface area contributed by atoms with E-state index in [9.17, 15) is 4.39 Å². The van der Waals surface area contributed by atoms with E-state index in [-0.39, 0.29) is 17.1 Å². The molecule has 2 unspecified atom stereocenters. The van der Waals surface area contributed by atoms with Gasteiger partial charge in [0.05, 0.1) is 4.47 Å². The highest BCUT2D eigenvalue weighted by Gasteiger charge is 2.26. The van der Waals surface area contributed by atoms with Crippen LogP contribution in [0, 0.1) is 5.82 Å². The van der Waals surface area contributed by atoms with Gasteiger partial charge in [-0.3, -0.25) is 0 Å². The summed E-state index contributed by atoms with van der Waals surface area (Å²) in [6.45, 7) is 0. The summed E-state index contributed by atoms with van der Waals surface area (Å²) in [5.74, 6) is 0.0294. The Hall–Kier alpha value is -0.0800. The molecule has 1 saturated carbocycles. The number of benzene rings is 1. The fourth-order valence-corrected chi connectivity index (χ4v) is 3.22. The number of rotatable bonds is 1. The predicted molar refractivity (Wildman–Crippen MR) is 69.6 cm³/mol. The van der Waals surface area contributed by atoms with Crippen LogP contribution in [-0.4, -0.2) is 5.38 Å². The zero-order chi connectivity index (χ0) is 11.5. The monoisotopic (exact) mass is 304 g/mol. The highest BCUT2D eigenvalue weighted by molar-refractivity contribution is 9.10. The summed E-state index contributed by atoms with van der Waals surface area (Å²) in [4.78, 5) is 0. The van der Waals surface area contributed by atoms with E-state index in [4.69, 9.17) is 11.6 Å². The van der Waals surface area contributed by atoms with Gasteiger partial charge in [0.1, 0.15) is 5.82 Å². The molecule has 3 heteroatoms. The SMILES string of the molecule is Fc1c(Br)cccc1C1CCCCCC1Cl. The van der Waals surface area contributed by atoms with Crippen molar-refractivity contribution in [2.45, 2.75) is 43.4 Å². The van der Waals surface area contributed by atoms with Gasteiger partial charge < -0.3 is 0 Å². The molecule has 0 aliphatic heterocycles. The van der Waals surface area contributed by atoms with Crippen LogP contribution in [0.2, 0.25) is 0 Å². The molecule has 0 bridgehead atoms. The molecule has 16 heavy (non-hydrogen) atoms. The number of hydrogen-bond donors (Lipinski definition) is 0. The Morgan fingerprint density at radius 2 is 1.94 bits per heavy atom. The van der Waals surface area contributed by atoms with Crippen molar-refractivity contribution in [2.75, 3.05) is 0 Å². The van der Waals surface area contributed by atoms with E-state index in [0.717, 1.165) is 24.8 Å². The van der Waals surface area contributed by atoms with Gasteiger partial charge in [-0.2, -0.15) is 0 Å². The van der Waals surface area contributed by atoms with Crippen LogP contribution in [0.3, 0.4) is 0 Å². The van der Waals surface area contributed by atoms with Gasteiger partial charge >= 0.3 is 0 Å². The first-order chi connectivity index (χ1) is 7.70. The fourth-order valence-electron chi connectivity index (χ4n) is 2.42. The highest BCUT2D eigenvalue weighted by Crippen LogP contribution is 2.37. The quantitative estimate of drug-likeness (QED) is 0.491. The molecular weight excluding hydrogens is 290 g/mol. The Labute approximate surface area is 109 Å². The van der Waals surface area contributed by atoms with Gasteiger partial charge in [-0.25, -0.2) is 4.39 Å². The van der Waals surface area contributed by atoms with Crippen molar-refractivity contribution in [3.05, 3.63) is 34.1 Å². The summed E-state index contributed by atoms with van der Waals surface area (Å²) < 4.78 is 14.5. The lowest BCUT2D eigenvalue weighted by Gasteiger charge is -2.20. The first-order valence-electron chi connectivity index (χ1n) is 5.78. The average Bonchev–Trinajstić information content (AvgIpc) is 2.47. The smallest absolute Gasteiger partial charge is 0.140 e. The number of alkyl halides is 1. The summed E-state index contributed by atoms with van der Waals surface area (Å²) in [5, 5.41) is 0.0753. The van der Waals surface area contributed by atoms with Crippen LogP contribution < -0.4 is 0 Å². The molecule has 1 aliphatic rings. The van der Waals surface area contributed by atoms with Gasteiger partial charge in [0.2, 0.25) is 0 Å². The van der Waals surface area contributed by atoms with E-state index in [0.29, 0.717) is 4.47 Å². The van der Waals surface area contributed by atoms with E-state index >= 15 is 0 Å². The maximum absolute atomic E-state index is 14.0. The second-order valence-electron chi connectivity index (χ2n) is 4.40. The van der Waals surface area contributed by atoms with E-state index in [1.54, 1.807) is 6.07 Å². The zero-order valence-corrected chi connectivity index (χ0v) is 11.4. The highest BCUT2D eigenvalue weighted by atomic mass is 79.9. The van der Waals surface area contributed by atoms with Crippen LogP contribution in [0.5, 0.6) is 0 Å². The summed E-state index contributed by atoms with van der Waals surface area (Å²) >= 11 is 9.60. The van der Waals surface area contributed by atoms with E-state index < -0.39 is 0 Å². The molecule has 2 atom stereocenters. The Morgan fingerprint density at radius 1 is 1.19 bits per heavy atom. The van der Waals surface area contributed by atoms with E-state index in [1.807, 2.05) is 12.1 Å². The maximum Gasteiger partial charge on any atom is 0.140 e. The average molecular weight is 306 g/mol. The Bertz CT molecular complexity index is 367. The van der Waals surface area contributed by atoms with Crippen molar-refractivity contribution in [2.24, 2.45) is 0 Å². The third kappa shape index (κ3) is 2.60. The van der Waals surface area contributed by atoms with Gasteiger partial charge in [0.25, 0.3) is 0 Å². The minimum Gasteiger partial charge on any atom is -0.205 e. The summed E-state index contributed by atoms with van der Waals surface area (Å²) in [5.41, 5.74) is 0.774. The molecule has 0 heterocycles. The summed E-state index contributed by atoms with van der Waals surface area (Å²) in [6, 6.07) is 5.49. The molecular formula is C13H15BrClF. The van der Waals surface area contributed by atoms with Crippen molar-refractivity contribution in [3.8, 4) is 0 Å². The fraction of sp³-hybridized carbons (Fsp3) is 0.538. The minimum atomic E-state index is -0.139. The second-order valence-corrected chi connectivity index (χ2v) is 5.82. The first-order valence-corrected chi connectivity index (χ1v) is 7.01. The van der Waals surface area contributed by atoms with Gasteiger partial charge in [-0.05, 0) is 40.4 Å². The van der Waals surface area contributed by atoms with Gasteiger partial charge in [-0.1, -0.05) is 31.4 Å². The molecule has 0 aromatic heterocycles. The molecule has 0 radical (unpaired) electrons. The topological polar surface area (TPSA) is 0 Å². The van der Waals surface area contributed by atoms with E-state index in [2.05, 4.69) is 15.9 Å². The molecule has 1 fully saturated rings. The lowest BCUT2D eigenvalue weighted by Crippen LogP contribution is -2.13. The van der Waals surface area contributed by atoms with Crippen LogP contribution in [0.25, 0.3) is 0 Å². The predicted octanol–water partition coefficient (Wildman–Crippen LogP) is 5.24. The third-order valence-electron chi connectivity index (χ3n) is 3.31. The number of halogens is 3. The van der Waals surface area contributed by atoms with Crippen molar-refractivity contribution >= 4 is 27.5 Å². The largest absolute Gasteiger partial charge is 0.205 e. The third-order valence-corrected chi connectivity index (χ3v) is 4.45. The Morgan fingerprint density at radius 3 is 2.75 bits per heavy atom. The second kappa shape index (κ2) is 5.50. The van der Waals surface area contributed by atoms with Gasteiger partial charge in [0.15, 0.2) is 0 Å². The van der Waals surface area contributed by atoms with Gasteiger partial charge in [0, 0.05) is 11.3 Å². The lowest BCUT2D eigenvalue weighted by molar-refractivity contribution is 0.538. The molecule has 0 spiro atoms. The molecule has 88 valence electrons. The van der Waals surface area contributed by atoms with Crippen LogP contribution in [0.4, 0.5) is 4.39 Å². The molecule has 1 aromatic rings. The zero-order valence-electron chi connectivity index (χ0n) is 9.06. The van der Waals surface area contributed by atoms with Crippen molar-refractivity contribution in [1.82, 2.24) is 0 Å². The molecule has 0 saturated heterocycles. The van der Waals surface area contributed by atoms with Crippen molar-refractivity contribution < 1.29 is 4.39 Å². The molecule has 1 aromatic carbocycles. The maximum atomic E-state index is 14.0. The van der Waals surface area contributed by atoms with Crippen LogP contribution in [0.1, 0.15) is 43.6 Å². The van der Waals surface area contributed by atoms with Crippen molar-refractivity contribution in [3.63, 3.8) is 0 Å². The van der Waals surface area contributed by atoms with Crippen molar-refractivity contribution in [1.29, 1.82) is 0 Å². The lowest BCUT2D eigenvalue weighted by atomic mass is 9.91. The molecule has 0 amide bonds.